The topological polar surface area (TPSA) is 29.5 Å². The number of likely N-dealkylation sites (tertiary alicyclic amines) is 1. The molecule has 0 N–H and O–H groups in total. The highest BCUT2D eigenvalue weighted by Crippen LogP contribution is 2.19. The van der Waals surface area contributed by atoms with Gasteiger partial charge in [0.05, 0.1) is 6.10 Å². The van der Waals surface area contributed by atoms with Crippen LogP contribution in [-0.2, 0) is 9.53 Å². The van der Waals surface area contributed by atoms with E-state index in [1.165, 1.54) is 6.42 Å². The van der Waals surface area contributed by atoms with Gasteiger partial charge in [0, 0.05) is 26.6 Å². The number of ether oxygens (including phenoxy) is 1. The summed E-state index contributed by atoms with van der Waals surface area (Å²) in [7, 11) is 1.77. The summed E-state index contributed by atoms with van der Waals surface area (Å²) in [5.41, 5.74) is 0. The summed E-state index contributed by atoms with van der Waals surface area (Å²) in [6.45, 7) is 6.86. The van der Waals surface area contributed by atoms with E-state index >= 15 is 0 Å². The van der Waals surface area contributed by atoms with Crippen LogP contribution in [0.25, 0.3) is 0 Å². The molecule has 2 unspecified atom stereocenters. The van der Waals surface area contributed by atoms with E-state index in [2.05, 4.69) is 11.8 Å². The van der Waals surface area contributed by atoms with E-state index in [-0.39, 0.29) is 5.78 Å². The molecule has 0 amide bonds. The number of rotatable bonds is 4. The SMILES string of the molecule is COC1CN(CCC(C)=O)CCC1C. The average molecular weight is 199 g/mol. The van der Waals surface area contributed by atoms with E-state index in [9.17, 15) is 4.79 Å². The predicted molar refractivity (Wildman–Crippen MR) is 56.3 cm³/mol. The van der Waals surface area contributed by atoms with E-state index in [1.807, 2.05) is 0 Å². The van der Waals surface area contributed by atoms with Crippen molar-refractivity contribution in [3.8, 4) is 0 Å². The summed E-state index contributed by atoms with van der Waals surface area (Å²) in [6, 6.07) is 0. The Morgan fingerprint density at radius 1 is 1.57 bits per heavy atom. The first-order valence-electron chi connectivity index (χ1n) is 5.38. The Kier molecular flexibility index (Phi) is 4.55. The minimum absolute atomic E-state index is 0.276. The highest BCUT2D eigenvalue weighted by Gasteiger charge is 2.25. The number of Topliss-reactive ketones (excluding diaryl/α,β-unsaturated/α-hetero) is 1. The molecule has 1 heterocycles. The number of methoxy groups -OCH3 is 1. The molecule has 0 spiro atoms. The third kappa shape index (κ3) is 3.39. The van der Waals surface area contributed by atoms with Crippen LogP contribution in [0.4, 0.5) is 0 Å². The number of carbonyl (C=O) groups is 1. The van der Waals surface area contributed by atoms with Crippen LogP contribution in [0.5, 0.6) is 0 Å². The number of hydrogen-bond acceptors (Lipinski definition) is 3. The summed E-state index contributed by atoms with van der Waals surface area (Å²) in [5.74, 6) is 0.922. The molecule has 1 rings (SSSR count). The van der Waals surface area contributed by atoms with Gasteiger partial charge in [-0.2, -0.15) is 0 Å². The minimum atomic E-state index is 0.276. The normalized spacial score (nSPS) is 29.1. The van der Waals surface area contributed by atoms with Gasteiger partial charge in [0.2, 0.25) is 0 Å². The van der Waals surface area contributed by atoms with Crippen LogP contribution in [0.1, 0.15) is 26.7 Å². The van der Waals surface area contributed by atoms with Crippen LogP contribution in [0, 0.1) is 5.92 Å². The maximum atomic E-state index is 10.8. The van der Waals surface area contributed by atoms with Crippen molar-refractivity contribution in [2.75, 3.05) is 26.7 Å². The average Bonchev–Trinajstić information content (AvgIpc) is 2.16. The number of nitrogens with zero attached hydrogens (tertiary/aromatic N) is 1. The Hall–Kier alpha value is -0.410. The van der Waals surface area contributed by atoms with E-state index < -0.39 is 0 Å². The Labute approximate surface area is 86.4 Å². The summed E-state index contributed by atoms with van der Waals surface area (Å²) in [4.78, 5) is 13.2. The molecule has 0 radical (unpaired) electrons. The molecule has 0 saturated carbocycles. The van der Waals surface area contributed by atoms with E-state index in [0.717, 1.165) is 19.6 Å². The van der Waals surface area contributed by atoms with Crippen LogP contribution < -0.4 is 0 Å². The van der Waals surface area contributed by atoms with Gasteiger partial charge >= 0.3 is 0 Å². The molecule has 0 bridgehead atoms. The van der Waals surface area contributed by atoms with Gasteiger partial charge in [-0.15, -0.1) is 0 Å². The molecule has 1 fully saturated rings. The van der Waals surface area contributed by atoms with Gasteiger partial charge in [-0.25, -0.2) is 0 Å². The second-order valence-electron chi connectivity index (χ2n) is 4.29. The molecule has 0 aromatic heterocycles. The smallest absolute Gasteiger partial charge is 0.131 e. The molecule has 3 heteroatoms. The van der Waals surface area contributed by atoms with Crippen molar-refractivity contribution in [3.05, 3.63) is 0 Å². The van der Waals surface area contributed by atoms with Crippen molar-refractivity contribution in [1.82, 2.24) is 4.90 Å². The lowest BCUT2D eigenvalue weighted by atomic mass is 9.95. The zero-order valence-electron chi connectivity index (χ0n) is 9.45. The largest absolute Gasteiger partial charge is 0.380 e. The molecule has 82 valence electrons. The number of hydrogen-bond donors (Lipinski definition) is 0. The van der Waals surface area contributed by atoms with Gasteiger partial charge in [-0.3, -0.25) is 4.79 Å². The van der Waals surface area contributed by atoms with Crippen LogP contribution >= 0.6 is 0 Å². The van der Waals surface area contributed by atoms with E-state index in [4.69, 9.17) is 4.74 Å². The maximum Gasteiger partial charge on any atom is 0.131 e. The van der Waals surface area contributed by atoms with Crippen molar-refractivity contribution in [1.29, 1.82) is 0 Å². The second kappa shape index (κ2) is 5.47. The van der Waals surface area contributed by atoms with Crippen molar-refractivity contribution in [2.45, 2.75) is 32.8 Å². The molecule has 0 aliphatic carbocycles. The molecular formula is C11H21NO2. The van der Waals surface area contributed by atoms with Crippen molar-refractivity contribution in [3.63, 3.8) is 0 Å². The second-order valence-corrected chi connectivity index (χ2v) is 4.29. The molecule has 1 aliphatic heterocycles. The van der Waals surface area contributed by atoms with Crippen LogP contribution in [0.3, 0.4) is 0 Å². The zero-order valence-corrected chi connectivity index (χ0v) is 9.45. The van der Waals surface area contributed by atoms with E-state index in [1.54, 1.807) is 14.0 Å². The quantitative estimate of drug-likeness (QED) is 0.684. The molecule has 0 aromatic carbocycles. The van der Waals surface area contributed by atoms with Gasteiger partial charge < -0.3 is 9.64 Å². The van der Waals surface area contributed by atoms with Gasteiger partial charge in [-0.05, 0) is 25.8 Å². The Bertz CT molecular complexity index is 194. The molecule has 1 aliphatic rings. The van der Waals surface area contributed by atoms with Crippen LogP contribution in [0.2, 0.25) is 0 Å². The fourth-order valence-corrected chi connectivity index (χ4v) is 1.92. The number of carbonyl (C=O) groups excluding carboxylic acids is 1. The fraction of sp³-hybridized carbons (Fsp3) is 0.909. The third-order valence-electron chi connectivity index (χ3n) is 3.06. The van der Waals surface area contributed by atoms with Crippen LogP contribution in [-0.4, -0.2) is 43.5 Å². The summed E-state index contributed by atoms with van der Waals surface area (Å²) in [6.07, 6.45) is 2.19. The highest BCUT2D eigenvalue weighted by molar-refractivity contribution is 5.75. The third-order valence-corrected chi connectivity index (χ3v) is 3.06. The molecule has 2 atom stereocenters. The number of piperidine rings is 1. The highest BCUT2D eigenvalue weighted by atomic mass is 16.5. The minimum Gasteiger partial charge on any atom is -0.380 e. The fourth-order valence-electron chi connectivity index (χ4n) is 1.92. The monoisotopic (exact) mass is 199 g/mol. The lowest BCUT2D eigenvalue weighted by Gasteiger charge is -2.36. The number of ketones is 1. The first-order chi connectivity index (χ1) is 6.63. The molecular weight excluding hydrogens is 178 g/mol. The zero-order chi connectivity index (χ0) is 10.6. The lowest BCUT2D eigenvalue weighted by molar-refractivity contribution is -0.117. The Balaban J connectivity index is 2.31. The van der Waals surface area contributed by atoms with Gasteiger partial charge in [0.1, 0.15) is 5.78 Å². The summed E-state index contributed by atoms with van der Waals surface area (Å²) in [5, 5.41) is 0. The van der Waals surface area contributed by atoms with Crippen molar-refractivity contribution < 1.29 is 9.53 Å². The van der Waals surface area contributed by atoms with Gasteiger partial charge in [0.25, 0.3) is 0 Å². The van der Waals surface area contributed by atoms with Crippen molar-refractivity contribution >= 4 is 5.78 Å². The first-order valence-corrected chi connectivity index (χ1v) is 5.38. The van der Waals surface area contributed by atoms with E-state index in [0.29, 0.717) is 18.4 Å². The Morgan fingerprint density at radius 3 is 2.86 bits per heavy atom. The Morgan fingerprint density at radius 2 is 2.29 bits per heavy atom. The van der Waals surface area contributed by atoms with Crippen LogP contribution in [0.15, 0.2) is 0 Å². The molecule has 1 saturated heterocycles. The van der Waals surface area contributed by atoms with Crippen molar-refractivity contribution in [2.24, 2.45) is 5.92 Å². The maximum absolute atomic E-state index is 10.8. The van der Waals surface area contributed by atoms with Gasteiger partial charge in [0.15, 0.2) is 0 Å². The lowest BCUT2D eigenvalue weighted by Crippen LogP contribution is -2.44. The standard InChI is InChI=1S/C11H21NO2/c1-9-4-6-12(7-5-10(2)13)8-11(9)14-3/h9,11H,4-8H2,1-3H3. The molecule has 0 aromatic rings. The predicted octanol–water partition coefficient (Wildman–Crippen LogP) is 1.32. The first kappa shape index (κ1) is 11.7. The summed E-state index contributed by atoms with van der Waals surface area (Å²) < 4.78 is 5.41. The summed E-state index contributed by atoms with van der Waals surface area (Å²) >= 11 is 0. The molecule has 14 heavy (non-hydrogen) atoms. The molecule has 3 nitrogen and oxygen atoms in total. The van der Waals surface area contributed by atoms with Gasteiger partial charge in [-0.1, -0.05) is 6.92 Å².